The van der Waals surface area contributed by atoms with Gasteiger partial charge in [-0.05, 0) is 11.5 Å². The minimum atomic E-state index is 0. The molecule has 0 spiro atoms. The van der Waals surface area contributed by atoms with E-state index in [2.05, 4.69) is 37.7 Å². The molecular formula is C11H20N2. The van der Waals surface area contributed by atoms with Gasteiger partial charge in [0.2, 0.25) is 0 Å². The topological polar surface area (TPSA) is 25.8 Å². The maximum Gasteiger partial charge on any atom is 0.130 e. The first-order chi connectivity index (χ1) is 5.61. The molecule has 0 aliphatic carbocycles. The fourth-order valence-electron chi connectivity index (χ4n) is 0.944. The third-order valence-electron chi connectivity index (χ3n) is 1.87. The first-order valence-electron chi connectivity index (χ1n) is 4.43. The zero-order valence-corrected chi connectivity index (χ0v) is 8.20. The summed E-state index contributed by atoms with van der Waals surface area (Å²) in [5, 5.41) is 0. The summed E-state index contributed by atoms with van der Waals surface area (Å²) in [6, 6.07) is 0. The molecule has 0 bridgehead atoms. The molecule has 13 heavy (non-hydrogen) atoms. The number of rotatable bonds is 2. The Morgan fingerprint density at radius 2 is 1.38 bits per heavy atom. The van der Waals surface area contributed by atoms with E-state index in [1.807, 2.05) is 12.4 Å². The average Bonchev–Trinajstić information content (AvgIpc) is 2.04. The van der Waals surface area contributed by atoms with E-state index < -0.39 is 0 Å². The zero-order chi connectivity index (χ0) is 9.14. The van der Waals surface area contributed by atoms with Crippen molar-refractivity contribution in [1.29, 1.82) is 0 Å². The quantitative estimate of drug-likeness (QED) is 0.697. The third-order valence-corrected chi connectivity index (χ3v) is 1.87. The van der Waals surface area contributed by atoms with Crippen LogP contribution in [0.1, 0.15) is 58.3 Å². The van der Waals surface area contributed by atoms with Gasteiger partial charge in [0.1, 0.15) is 5.82 Å². The monoisotopic (exact) mass is 180 g/mol. The Morgan fingerprint density at radius 1 is 0.923 bits per heavy atom. The Kier molecular flexibility index (Phi) is 4.60. The van der Waals surface area contributed by atoms with Gasteiger partial charge in [-0.3, -0.25) is 0 Å². The van der Waals surface area contributed by atoms with E-state index in [1.165, 1.54) is 5.56 Å². The molecule has 2 nitrogen and oxygen atoms in total. The Labute approximate surface area is 81.4 Å². The summed E-state index contributed by atoms with van der Waals surface area (Å²) < 4.78 is 0. The third kappa shape index (κ3) is 3.13. The molecule has 1 aromatic rings. The second-order valence-corrected chi connectivity index (χ2v) is 3.68. The summed E-state index contributed by atoms with van der Waals surface area (Å²) in [7, 11) is 0. The van der Waals surface area contributed by atoms with Crippen LogP contribution in [0.5, 0.6) is 0 Å². The van der Waals surface area contributed by atoms with Crippen LogP contribution in [0, 0.1) is 0 Å². The molecule has 74 valence electrons. The lowest BCUT2D eigenvalue weighted by atomic mass is 10.1. The van der Waals surface area contributed by atoms with Crippen LogP contribution in [-0.4, -0.2) is 9.97 Å². The van der Waals surface area contributed by atoms with E-state index in [0.29, 0.717) is 11.8 Å². The van der Waals surface area contributed by atoms with Crippen LogP contribution in [0.4, 0.5) is 0 Å². The Hall–Kier alpha value is -0.920. The van der Waals surface area contributed by atoms with Crippen molar-refractivity contribution in [2.24, 2.45) is 0 Å². The van der Waals surface area contributed by atoms with Gasteiger partial charge in [0.25, 0.3) is 0 Å². The van der Waals surface area contributed by atoms with Crippen LogP contribution in [0.25, 0.3) is 0 Å². The number of aromatic nitrogens is 2. The lowest BCUT2D eigenvalue weighted by Gasteiger charge is -2.06. The molecule has 0 aliphatic heterocycles. The summed E-state index contributed by atoms with van der Waals surface area (Å²) >= 11 is 0. The van der Waals surface area contributed by atoms with Gasteiger partial charge in [-0.15, -0.1) is 0 Å². The maximum atomic E-state index is 4.29. The standard InChI is InChI=1S/C10H16N2.CH4/c1-7(2)9-5-11-10(8(3)4)12-6-9;/h5-8H,1-4H3;1H4. The van der Waals surface area contributed by atoms with Crippen LogP contribution in [0.2, 0.25) is 0 Å². The summed E-state index contributed by atoms with van der Waals surface area (Å²) in [5.74, 6) is 1.87. The highest BCUT2D eigenvalue weighted by molar-refractivity contribution is 5.10. The van der Waals surface area contributed by atoms with Crippen molar-refractivity contribution in [2.75, 3.05) is 0 Å². The van der Waals surface area contributed by atoms with Crippen molar-refractivity contribution < 1.29 is 0 Å². The average molecular weight is 180 g/mol. The Balaban J connectivity index is 0.00000144. The number of hydrogen-bond donors (Lipinski definition) is 0. The van der Waals surface area contributed by atoms with Crippen molar-refractivity contribution in [3.8, 4) is 0 Å². The summed E-state index contributed by atoms with van der Waals surface area (Å²) in [6.07, 6.45) is 3.85. The van der Waals surface area contributed by atoms with Crippen LogP contribution in [-0.2, 0) is 0 Å². The van der Waals surface area contributed by atoms with E-state index in [1.54, 1.807) is 0 Å². The summed E-state index contributed by atoms with van der Waals surface area (Å²) in [4.78, 5) is 8.58. The molecule has 0 unspecified atom stereocenters. The van der Waals surface area contributed by atoms with Gasteiger partial charge < -0.3 is 0 Å². The molecule has 0 aliphatic rings. The molecule has 1 rings (SSSR count). The van der Waals surface area contributed by atoms with Gasteiger partial charge >= 0.3 is 0 Å². The van der Waals surface area contributed by atoms with Crippen molar-refractivity contribution >= 4 is 0 Å². The molecule has 2 heteroatoms. The van der Waals surface area contributed by atoms with Crippen LogP contribution < -0.4 is 0 Å². The fraction of sp³-hybridized carbons (Fsp3) is 0.636. The Morgan fingerprint density at radius 3 is 1.69 bits per heavy atom. The van der Waals surface area contributed by atoms with Crippen LogP contribution in [0.15, 0.2) is 12.4 Å². The minimum Gasteiger partial charge on any atom is -0.241 e. The maximum absolute atomic E-state index is 4.29. The zero-order valence-electron chi connectivity index (χ0n) is 8.20. The summed E-state index contributed by atoms with van der Waals surface area (Å²) in [5.41, 5.74) is 1.21. The highest BCUT2D eigenvalue weighted by Crippen LogP contribution is 2.13. The van der Waals surface area contributed by atoms with Gasteiger partial charge in [-0.1, -0.05) is 35.1 Å². The van der Waals surface area contributed by atoms with E-state index in [4.69, 9.17) is 0 Å². The number of hydrogen-bond acceptors (Lipinski definition) is 2. The molecule has 0 amide bonds. The lowest BCUT2D eigenvalue weighted by molar-refractivity contribution is 0.754. The largest absolute Gasteiger partial charge is 0.241 e. The molecule has 0 saturated heterocycles. The molecule has 1 heterocycles. The fourth-order valence-corrected chi connectivity index (χ4v) is 0.944. The second-order valence-electron chi connectivity index (χ2n) is 3.68. The molecule has 0 saturated carbocycles. The van der Waals surface area contributed by atoms with E-state index >= 15 is 0 Å². The summed E-state index contributed by atoms with van der Waals surface area (Å²) in [6.45, 7) is 8.50. The predicted octanol–water partition coefficient (Wildman–Crippen LogP) is 3.36. The first-order valence-corrected chi connectivity index (χ1v) is 4.43. The van der Waals surface area contributed by atoms with E-state index in [-0.39, 0.29) is 7.43 Å². The highest BCUT2D eigenvalue weighted by Gasteiger charge is 2.03. The van der Waals surface area contributed by atoms with E-state index in [9.17, 15) is 0 Å². The molecule has 1 aromatic heterocycles. The van der Waals surface area contributed by atoms with E-state index in [0.717, 1.165) is 5.82 Å². The highest BCUT2D eigenvalue weighted by atomic mass is 14.9. The van der Waals surface area contributed by atoms with Crippen molar-refractivity contribution in [2.45, 2.75) is 47.0 Å². The normalized spacial score (nSPS) is 10.3. The molecule has 0 atom stereocenters. The minimum absolute atomic E-state index is 0. The van der Waals surface area contributed by atoms with Gasteiger partial charge in [0.15, 0.2) is 0 Å². The SMILES string of the molecule is C.CC(C)c1cnc(C(C)C)nc1. The van der Waals surface area contributed by atoms with Gasteiger partial charge in [-0.25, -0.2) is 9.97 Å². The molecule has 0 fully saturated rings. The van der Waals surface area contributed by atoms with Gasteiger partial charge in [0.05, 0.1) is 0 Å². The first kappa shape index (κ1) is 12.1. The Bertz CT molecular complexity index is 210. The molecule has 0 radical (unpaired) electrons. The second kappa shape index (κ2) is 4.95. The van der Waals surface area contributed by atoms with Crippen molar-refractivity contribution in [3.63, 3.8) is 0 Å². The van der Waals surface area contributed by atoms with Crippen molar-refractivity contribution in [1.82, 2.24) is 9.97 Å². The van der Waals surface area contributed by atoms with Gasteiger partial charge in [0, 0.05) is 18.3 Å². The molecule has 0 aromatic carbocycles. The molecular weight excluding hydrogens is 160 g/mol. The predicted molar refractivity (Wildman–Crippen MR) is 56.9 cm³/mol. The molecule has 0 N–H and O–H groups in total. The number of nitrogens with zero attached hydrogens (tertiary/aromatic N) is 2. The van der Waals surface area contributed by atoms with Crippen LogP contribution >= 0.6 is 0 Å². The van der Waals surface area contributed by atoms with Gasteiger partial charge in [-0.2, -0.15) is 0 Å². The van der Waals surface area contributed by atoms with Crippen LogP contribution in [0.3, 0.4) is 0 Å². The lowest BCUT2D eigenvalue weighted by Crippen LogP contribution is -1.99. The van der Waals surface area contributed by atoms with Crippen molar-refractivity contribution in [3.05, 3.63) is 23.8 Å². The smallest absolute Gasteiger partial charge is 0.130 e.